The molecule has 6 nitrogen and oxygen atoms in total. The van der Waals surface area contributed by atoms with E-state index in [1.807, 2.05) is 0 Å². The molecule has 2 aromatic rings. The van der Waals surface area contributed by atoms with Crippen molar-refractivity contribution < 1.29 is 12.8 Å². The third-order valence-electron chi connectivity index (χ3n) is 2.97. The Balaban J connectivity index is 2.63. The maximum Gasteiger partial charge on any atom is 0.175 e. The minimum atomic E-state index is -3.49. The van der Waals surface area contributed by atoms with Gasteiger partial charge in [0.05, 0.1) is 22.8 Å². The Bertz CT molecular complexity index is 831. The van der Waals surface area contributed by atoms with Gasteiger partial charge in [-0.1, -0.05) is 0 Å². The van der Waals surface area contributed by atoms with Crippen molar-refractivity contribution in [3.05, 3.63) is 35.8 Å². The van der Waals surface area contributed by atoms with E-state index in [-0.39, 0.29) is 16.4 Å². The Labute approximate surface area is 132 Å². The molecule has 0 spiro atoms. The van der Waals surface area contributed by atoms with Crippen LogP contribution in [0.5, 0.6) is 0 Å². The minimum Gasteiger partial charge on any atom is -0.390 e. The zero-order valence-electron chi connectivity index (χ0n) is 11.9. The molecule has 0 bridgehead atoms. The van der Waals surface area contributed by atoms with Crippen LogP contribution >= 0.6 is 11.6 Å². The molecule has 0 fully saturated rings. The summed E-state index contributed by atoms with van der Waals surface area (Å²) in [4.78, 5) is 3.85. The summed E-state index contributed by atoms with van der Waals surface area (Å²) in [6.07, 6.45) is 3.52. The number of rotatable bonds is 4. The Kier molecular flexibility index (Phi) is 4.52. The maximum absolute atomic E-state index is 14.3. The molecule has 2 N–H and O–H groups in total. The van der Waals surface area contributed by atoms with E-state index in [1.165, 1.54) is 23.0 Å². The average molecular weight is 345 g/mol. The second-order valence-corrected chi connectivity index (χ2v) is 7.29. The monoisotopic (exact) mass is 344 g/mol. The summed E-state index contributed by atoms with van der Waals surface area (Å²) in [6.45, 7) is 1.72. The Hall–Kier alpha value is -1.93. The van der Waals surface area contributed by atoms with Gasteiger partial charge < -0.3 is 5.73 Å². The van der Waals surface area contributed by atoms with Crippen molar-refractivity contribution in [1.82, 2.24) is 9.78 Å². The van der Waals surface area contributed by atoms with Gasteiger partial charge in [-0.2, -0.15) is 5.10 Å². The standard InChI is InChI=1S/C13H14ClFN4O2S/c1-8(14)10-6-18-19(13(10)17-7-16)12-4-3-9(5-11(12)15)22(2,20)21/h3-8H,1-2H3,(H2,16,17). The lowest BCUT2D eigenvalue weighted by molar-refractivity contribution is 0.591. The van der Waals surface area contributed by atoms with Gasteiger partial charge in [-0.25, -0.2) is 22.5 Å². The second-order valence-electron chi connectivity index (χ2n) is 4.61. The molecule has 1 aromatic heterocycles. The molecule has 1 aromatic carbocycles. The number of halogens is 2. The van der Waals surface area contributed by atoms with E-state index in [4.69, 9.17) is 17.3 Å². The molecule has 0 radical (unpaired) electrons. The first-order chi connectivity index (χ1) is 10.3. The Morgan fingerprint density at radius 2 is 2.18 bits per heavy atom. The molecule has 2 rings (SSSR count). The van der Waals surface area contributed by atoms with Crippen LogP contribution in [0.2, 0.25) is 0 Å². The van der Waals surface area contributed by atoms with Gasteiger partial charge in [0.25, 0.3) is 0 Å². The van der Waals surface area contributed by atoms with Crippen LogP contribution in [0.25, 0.3) is 5.69 Å². The largest absolute Gasteiger partial charge is 0.390 e. The number of hydrogen-bond donors (Lipinski definition) is 1. The Morgan fingerprint density at radius 3 is 2.68 bits per heavy atom. The zero-order valence-corrected chi connectivity index (χ0v) is 13.4. The molecular formula is C13H14ClFN4O2S. The van der Waals surface area contributed by atoms with E-state index >= 15 is 0 Å². The molecule has 0 saturated heterocycles. The molecular weight excluding hydrogens is 331 g/mol. The van der Waals surface area contributed by atoms with Gasteiger partial charge in [0.2, 0.25) is 0 Å². The third kappa shape index (κ3) is 3.12. The van der Waals surface area contributed by atoms with Crippen molar-refractivity contribution in [3.63, 3.8) is 0 Å². The summed E-state index contributed by atoms with van der Waals surface area (Å²) in [5.41, 5.74) is 5.94. The highest BCUT2D eigenvalue weighted by atomic mass is 35.5. The first kappa shape index (κ1) is 16.4. The number of nitrogens with zero attached hydrogens (tertiary/aromatic N) is 3. The van der Waals surface area contributed by atoms with Crippen molar-refractivity contribution in [2.24, 2.45) is 10.7 Å². The summed E-state index contributed by atoms with van der Waals surface area (Å²) in [5.74, 6) is -0.454. The van der Waals surface area contributed by atoms with Crippen LogP contribution in [0.4, 0.5) is 10.2 Å². The molecule has 1 atom stereocenters. The van der Waals surface area contributed by atoms with Crippen LogP contribution in [0, 0.1) is 5.82 Å². The van der Waals surface area contributed by atoms with Crippen LogP contribution in [0.1, 0.15) is 17.9 Å². The van der Waals surface area contributed by atoms with Crippen LogP contribution in [0.15, 0.2) is 34.3 Å². The van der Waals surface area contributed by atoms with Crippen molar-refractivity contribution in [2.45, 2.75) is 17.2 Å². The summed E-state index contributed by atoms with van der Waals surface area (Å²) in [7, 11) is -3.49. The van der Waals surface area contributed by atoms with Crippen molar-refractivity contribution in [2.75, 3.05) is 6.26 Å². The minimum absolute atomic E-state index is 0.0524. The SMILES string of the molecule is CC(Cl)c1cnn(-c2ccc(S(C)(=O)=O)cc2F)c1N=CN. The van der Waals surface area contributed by atoms with Crippen LogP contribution in [0.3, 0.4) is 0 Å². The predicted molar refractivity (Wildman–Crippen MR) is 83.2 cm³/mol. The third-order valence-corrected chi connectivity index (χ3v) is 4.32. The zero-order chi connectivity index (χ0) is 16.5. The van der Waals surface area contributed by atoms with Crippen molar-refractivity contribution in [3.8, 4) is 5.69 Å². The lowest BCUT2D eigenvalue weighted by Crippen LogP contribution is -2.04. The number of hydrogen-bond acceptors (Lipinski definition) is 4. The molecule has 22 heavy (non-hydrogen) atoms. The Morgan fingerprint density at radius 1 is 1.50 bits per heavy atom. The summed E-state index contributed by atoms with van der Waals surface area (Å²) in [5, 5.41) is 3.65. The van der Waals surface area contributed by atoms with Gasteiger partial charge in [-0.05, 0) is 25.1 Å². The first-order valence-electron chi connectivity index (χ1n) is 6.22. The first-order valence-corrected chi connectivity index (χ1v) is 8.54. The van der Waals surface area contributed by atoms with Crippen molar-refractivity contribution >= 4 is 33.6 Å². The molecule has 0 aliphatic carbocycles. The average Bonchev–Trinajstić information content (AvgIpc) is 2.82. The molecule has 9 heteroatoms. The second kappa shape index (κ2) is 6.05. The lowest BCUT2D eigenvalue weighted by atomic mass is 10.2. The summed E-state index contributed by atoms with van der Waals surface area (Å²) >= 11 is 6.03. The fraction of sp³-hybridized carbons (Fsp3) is 0.231. The normalized spacial score (nSPS) is 13.6. The molecule has 118 valence electrons. The quantitative estimate of drug-likeness (QED) is 0.523. The fourth-order valence-electron chi connectivity index (χ4n) is 1.90. The smallest absolute Gasteiger partial charge is 0.175 e. The van der Waals surface area contributed by atoms with Crippen LogP contribution in [-0.2, 0) is 9.84 Å². The van der Waals surface area contributed by atoms with Crippen molar-refractivity contribution in [1.29, 1.82) is 0 Å². The van der Waals surface area contributed by atoms with Gasteiger partial charge in [0.1, 0.15) is 11.5 Å². The highest BCUT2D eigenvalue weighted by Gasteiger charge is 2.19. The number of sulfone groups is 1. The maximum atomic E-state index is 14.3. The van der Waals surface area contributed by atoms with E-state index in [0.29, 0.717) is 5.56 Å². The molecule has 0 amide bonds. The summed E-state index contributed by atoms with van der Waals surface area (Å²) < 4.78 is 38.4. The van der Waals surface area contributed by atoms with Gasteiger partial charge in [0, 0.05) is 11.8 Å². The molecule has 0 aliphatic heterocycles. The van der Waals surface area contributed by atoms with E-state index in [2.05, 4.69) is 10.1 Å². The van der Waals surface area contributed by atoms with Gasteiger partial charge >= 0.3 is 0 Å². The van der Waals surface area contributed by atoms with Crippen LogP contribution < -0.4 is 5.73 Å². The summed E-state index contributed by atoms with van der Waals surface area (Å²) in [6, 6.07) is 3.55. The van der Waals surface area contributed by atoms with E-state index < -0.39 is 21.0 Å². The van der Waals surface area contributed by atoms with Crippen LogP contribution in [-0.4, -0.2) is 30.8 Å². The van der Waals surface area contributed by atoms with Gasteiger partial charge in [-0.15, -0.1) is 11.6 Å². The number of aromatic nitrogens is 2. The topological polar surface area (TPSA) is 90.3 Å². The number of benzene rings is 1. The lowest BCUT2D eigenvalue weighted by Gasteiger charge is -2.08. The number of nitrogens with two attached hydrogens (primary N) is 1. The molecule has 1 heterocycles. The van der Waals surface area contributed by atoms with E-state index in [0.717, 1.165) is 18.7 Å². The van der Waals surface area contributed by atoms with E-state index in [9.17, 15) is 12.8 Å². The molecule has 0 saturated carbocycles. The predicted octanol–water partition coefficient (Wildman–Crippen LogP) is 2.33. The fourth-order valence-corrected chi connectivity index (χ4v) is 2.69. The number of aliphatic imine (C=N–C) groups is 1. The van der Waals surface area contributed by atoms with Gasteiger partial charge in [-0.3, -0.25) is 0 Å². The van der Waals surface area contributed by atoms with Gasteiger partial charge in [0.15, 0.2) is 15.7 Å². The molecule has 0 aliphatic rings. The van der Waals surface area contributed by atoms with E-state index in [1.54, 1.807) is 6.92 Å². The highest BCUT2D eigenvalue weighted by Crippen LogP contribution is 2.32. The molecule has 1 unspecified atom stereocenters. The highest BCUT2D eigenvalue weighted by molar-refractivity contribution is 7.90. The number of alkyl halides is 1.